The molecule has 0 atom stereocenters. The Morgan fingerprint density at radius 2 is 2.20 bits per heavy atom. The molecule has 1 aromatic carbocycles. The van der Waals surface area contributed by atoms with Gasteiger partial charge in [-0.25, -0.2) is 4.39 Å². The van der Waals surface area contributed by atoms with Gasteiger partial charge in [0.1, 0.15) is 5.82 Å². The van der Waals surface area contributed by atoms with E-state index in [1.54, 1.807) is 0 Å². The summed E-state index contributed by atoms with van der Waals surface area (Å²) in [7, 11) is 0. The normalized spacial score (nSPS) is 14.4. The van der Waals surface area contributed by atoms with Crippen LogP contribution in [0.5, 0.6) is 0 Å². The van der Waals surface area contributed by atoms with Gasteiger partial charge in [0.05, 0.1) is 12.1 Å². The van der Waals surface area contributed by atoms with Crippen LogP contribution in [0.4, 0.5) is 4.39 Å². The summed E-state index contributed by atoms with van der Waals surface area (Å²) < 4.78 is 13.4. The van der Waals surface area contributed by atoms with Crippen molar-refractivity contribution >= 4 is 5.91 Å². The first-order chi connectivity index (χ1) is 9.44. The molecular weight excluding hydrogens is 255 g/mol. The minimum atomic E-state index is -0.447. The maximum Gasteiger partial charge on any atom is 0.253 e. The molecule has 4 heteroatoms. The van der Waals surface area contributed by atoms with Gasteiger partial charge in [-0.05, 0) is 50.8 Å². The van der Waals surface area contributed by atoms with Crippen molar-refractivity contribution in [3.05, 3.63) is 35.1 Å². The smallest absolute Gasteiger partial charge is 0.253 e. The summed E-state index contributed by atoms with van der Waals surface area (Å²) in [5.74, 6) is 5.26. The van der Waals surface area contributed by atoms with Crippen molar-refractivity contribution in [2.45, 2.75) is 32.2 Å². The molecule has 0 bridgehead atoms. The lowest BCUT2D eigenvalue weighted by Crippen LogP contribution is -2.45. The molecule has 3 nitrogen and oxygen atoms in total. The molecule has 0 unspecified atom stereocenters. The van der Waals surface area contributed by atoms with Gasteiger partial charge in [-0.1, -0.05) is 11.8 Å². The van der Waals surface area contributed by atoms with Crippen LogP contribution in [-0.2, 0) is 0 Å². The Hall–Kier alpha value is -1.86. The molecule has 0 radical (unpaired) electrons. The lowest BCUT2D eigenvalue weighted by molar-refractivity contribution is 0.0902. The summed E-state index contributed by atoms with van der Waals surface area (Å²) in [6.07, 6.45) is 2.24. The third-order valence-corrected chi connectivity index (χ3v) is 3.59. The molecule has 1 aromatic rings. The van der Waals surface area contributed by atoms with E-state index in [0.717, 1.165) is 12.8 Å². The van der Waals surface area contributed by atoms with E-state index in [4.69, 9.17) is 5.73 Å². The first-order valence-electron chi connectivity index (χ1n) is 6.75. The van der Waals surface area contributed by atoms with Crippen molar-refractivity contribution in [2.75, 3.05) is 6.54 Å². The number of nitrogens with two attached hydrogens (primary N) is 1. The molecule has 106 valence electrons. The van der Waals surface area contributed by atoms with Crippen LogP contribution in [0.25, 0.3) is 0 Å². The van der Waals surface area contributed by atoms with Gasteiger partial charge in [-0.2, -0.15) is 0 Å². The Morgan fingerprint density at radius 3 is 2.80 bits per heavy atom. The van der Waals surface area contributed by atoms with Gasteiger partial charge in [0.2, 0.25) is 0 Å². The Bertz CT molecular complexity index is 580. The standard InChI is InChI=1S/C16H19FN2O/c1-16(2,12-6-7-12)19-15(20)14-10-13(17)8-5-11(14)4-3-9-18/h5,8,10,12H,6-7,9,18H2,1-2H3,(H,19,20). The third kappa shape index (κ3) is 3.37. The van der Waals surface area contributed by atoms with Crippen LogP contribution in [0.3, 0.4) is 0 Å². The lowest BCUT2D eigenvalue weighted by atomic mass is 9.97. The minimum Gasteiger partial charge on any atom is -0.347 e. The Morgan fingerprint density at radius 1 is 1.50 bits per heavy atom. The zero-order chi connectivity index (χ0) is 14.8. The van der Waals surface area contributed by atoms with Crippen LogP contribution in [0, 0.1) is 23.6 Å². The highest BCUT2D eigenvalue weighted by Crippen LogP contribution is 2.39. The molecule has 3 N–H and O–H groups in total. The molecule has 0 heterocycles. The zero-order valence-electron chi connectivity index (χ0n) is 11.8. The van der Waals surface area contributed by atoms with Gasteiger partial charge in [0.25, 0.3) is 5.91 Å². The Labute approximate surface area is 118 Å². The highest BCUT2D eigenvalue weighted by atomic mass is 19.1. The van der Waals surface area contributed by atoms with E-state index < -0.39 is 5.82 Å². The maximum absolute atomic E-state index is 13.4. The van der Waals surface area contributed by atoms with Crippen LogP contribution in [0.2, 0.25) is 0 Å². The fraction of sp³-hybridized carbons (Fsp3) is 0.438. The molecular formula is C16H19FN2O. The number of carbonyl (C=O) groups excluding carboxylic acids is 1. The topological polar surface area (TPSA) is 55.1 Å². The molecule has 1 fully saturated rings. The molecule has 2 rings (SSSR count). The van der Waals surface area contributed by atoms with Gasteiger partial charge in [0, 0.05) is 11.1 Å². The number of rotatable bonds is 3. The molecule has 1 aliphatic carbocycles. The van der Waals surface area contributed by atoms with Crippen molar-refractivity contribution in [3.63, 3.8) is 0 Å². The molecule has 0 spiro atoms. The van der Waals surface area contributed by atoms with Gasteiger partial charge in [0.15, 0.2) is 0 Å². The van der Waals surface area contributed by atoms with E-state index in [2.05, 4.69) is 17.2 Å². The third-order valence-electron chi connectivity index (χ3n) is 3.59. The number of amides is 1. The van der Waals surface area contributed by atoms with E-state index in [0.29, 0.717) is 11.5 Å². The molecule has 0 aliphatic heterocycles. The molecule has 1 aliphatic rings. The second kappa shape index (κ2) is 5.64. The summed E-state index contributed by atoms with van der Waals surface area (Å²) >= 11 is 0. The van der Waals surface area contributed by atoms with Crippen LogP contribution < -0.4 is 11.1 Å². The summed E-state index contributed by atoms with van der Waals surface area (Å²) in [5.41, 5.74) is 5.82. The fourth-order valence-electron chi connectivity index (χ4n) is 2.23. The van der Waals surface area contributed by atoms with Crippen LogP contribution >= 0.6 is 0 Å². The van der Waals surface area contributed by atoms with Gasteiger partial charge >= 0.3 is 0 Å². The van der Waals surface area contributed by atoms with Crippen molar-refractivity contribution in [1.29, 1.82) is 0 Å². The SMILES string of the molecule is CC(C)(NC(=O)c1cc(F)ccc1C#CCN)C1CC1. The van der Waals surface area contributed by atoms with E-state index in [1.165, 1.54) is 18.2 Å². The Kier molecular flexibility index (Phi) is 4.10. The number of hydrogen-bond acceptors (Lipinski definition) is 2. The van der Waals surface area contributed by atoms with Gasteiger partial charge in [-0.3, -0.25) is 4.79 Å². The summed E-state index contributed by atoms with van der Waals surface area (Å²) in [4.78, 5) is 12.4. The number of nitrogens with one attached hydrogen (secondary N) is 1. The highest BCUT2D eigenvalue weighted by molar-refractivity contribution is 5.97. The van der Waals surface area contributed by atoms with Crippen molar-refractivity contribution < 1.29 is 9.18 Å². The summed E-state index contributed by atoms with van der Waals surface area (Å²) in [5, 5.41) is 2.97. The lowest BCUT2D eigenvalue weighted by Gasteiger charge is -2.26. The molecule has 0 saturated heterocycles. The summed E-state index contributed by atoms with van der Waals surface area (Å²) in [6, 6.07) is 4.03. The minimum absolute atomic E-state index is 0.200. The number of hydrogen-bond donors (Lipinski definition) is 2. The van der Waals surface area contributed by atoms with Crippen LogP contribution in [-0.4, -0.2) is 18.0 Å². The monoisotopic (exact) mass is 274 g/mol. The number of halogens is 1. The predicted octanol–water partition coefficient (Wildman–Crippen LogP) is 2.05. The van der Waals surface area contributed by atoms with Gasteiger partial charge in [-0.15, -0.1) is 0 Å². The van der Waals surface area contributed by atoms with Gasteiger partial charge < -0.3 is 11.1 Å². The molecule has 1 saturated carbocycles. The van der Waals surface area contributed by atoms with E-state index in [9.17, 15) is 9.18 Å². The first kappa shape index (κ1) is 14.5. The first-order valence-corrected chi connectivity index (χ1v) is 6.75. The molecule has 0 aromatic heterocycles. The van der Waals surface area contributed by atoms with Crippen molar-refractivity contribution in [2.24, 2.45) is 11.7 Å². The zero-order valence-corrected chi connectivity index (χ0v) is 11.8. The fourth-order valence-corrected chi connectivity index (χ4v) is 2.23. The van der Waals surface area contributed by atoms with E-state index >= 15 is 0 Å². The van der Waals surface area contributed by atoms with E-state index in [1.807, 2.05) is 13.8 Å². The average Bonchev–Trinajstić information content (AvgIpc) is 3.21. The maximum atomic E-state index is 13.4. The molecule has 20 heavy (non-hydrogen) atoms. The predicted molar refractivity (Wildman–Crippen MR) is 76.6 cm³/mol. The van der Waals surface area contributed by atoms with Crippen molar-refractivity contribution in [1.82, 2.24) is 5.32 Å². The second-order valence-electron chi connectivity index (χ2n) is 5.65. The largest absolute Gasteiger partial charge is 0.347 e. The van der Waals surface area contributed by atoms with Crippen LogP contribution in [0.15, 0.2) is 18.2 Å². The highest BCUT2D eigenvalue weighted by Gasteiger charge is 2.39. The molecule has 1 amide bonds. The van der Waals surface area contributed by atoms with Crippen LogP contribution in [0.1, 0.15) is 42.6 Å². The Balaban J connectivity index is 2.26. The average molecular weight is 274 g/mol. The number of benzene rings is 1. The quantitative estimate of drug-likeness (QED) is 0.829. The van der Waals surface area contributed by atoms with Crippen molar-refractivity contribution in [3.8, 4) is 11.8 Å². The second-order valence-corrected chi connectivity index (χ2v) is 5.65. The van der Waals surface area contributed by atoms with E-state index in [-0.39, 0.29) is 23.6 Å². The number of carbonyl (C=O) groups is 1. The summed E-state index contributed by atoms with van der Waals surface area (Å²) in [6.45, 7) is 4.19.